The number of anilines is 2. The summed E-state index contributed by atoms with van der Waals surface area (Å²) in [5.74, 6) is 0.265. The summed E-state index contributed by atoms with van der Waals surface area (Å²) in [6.45, 7) is 3.51. The summed E-state index contributed by atoms with van der Waals surface area (Å²) in [5.41, 5.74) is 4.41. The lowest BCUT2D eigenvalue weighted by Crippen LogP contribution is -2.41. The van der Waals surface area contributed by atoms with Gasteiger partial charge in [0.25, 0.3) is 5.91 Å². The highest BCUT2D eigenvalue weighted by Gasteiger charge is 2.32. The molecule has 0 aromatic heterocycles. The first-order valence-electron chi connectivity index (χ1n) is 9.80. The Labute approximate surface area is 178 Å². The average molecular weight is 426 g/mol. The highest BCUT2D eigenvalue weighted by molar-refractivity contribution is 6.38. The smallest absolute Gasteiger partial charge is 0.260 e. The summed E-state index contributed by atoms with van der Waals surface area (Å²) in [7, 11) is 0. The van der Waals surface area contributed by atoms with E-state index in [1.807, 2.05) is 18.2 Å². The van der Waals surface area contributed by atoms with E-state index < -0.39 is 0 Å². The van der Waals surface area contributed by atoms with E-state index in [2.05, 4.69) is 15.5 Å². The highest BCUT2D eigenvalue weighted by atomic mass is 35.5. The van der Waals surface area contributed by atoms with E-state index in [-0.39, 0.29) is 11.8 Å². The lowest BCUT2D eigenvalue weighted by molar-refractivity contribution is -0.118. The molecule has 1 fully saturated rings. The molecule has 2 aromatic rings. The van der Waals surface area contributed by atoms with E-state index in [0.717, 1.165) is 35.5 Å². The molecule has 7 nitrogen and oxygen atoms in total. The standard InChI is InChI=1S/C22H20ClN3O4/c23-14-1-4-18-17(10-14)20(22(28)25-18)21-16-3-2-15(9-13(16)12-30-21)24-19(27)11-26-5-7-29-8-6-26/h1-4,9-10H,5-8,11-12H2,(H,24,27)(H,25,28)/b21-20+. The molecule has 0 aliphatic carbocycles. The number of hydrogen-bond acceptors (Lipinski definition) is 5. The highest BCUT2D eigenvalue weighted by Crippen LogP contribution is 2.42. The van der Waals surface area contributed by atoms with Gasteiger partial charge in [-0.05, 0) is 36.4 Å². The van der Waals surface area contributed by atoms with E-state index in [9.17, 15) is 9.59 Å². The maximum Gasteiger partial charge on any atom is 0.260 e. The Hall–Kier alpha value is -2.87. The van der Waals surface area contributed by atoms with Gasteiger partial charge in [0.2, 0.25) is 5.91 Å². The van der Waals surface area contributed by atoms with Crippen molar-refractivity contribution in [2.45, 2.75) is 6.61 Å². The Balaban J connectivity index is 1.38. The maximum atomic E-state index is 12.6. The summed E-state index contributed by atoms with van der Waals surface area (Å²) in [5, 5.41) is 6.35. The normalized spacial score (nSPS) is 20.4. The van der Waals surface area contributed by atoms with Crippen molar-refractivity contribution in [3.8, 4) is 0 Å². The van der Waals surface area contributed by atoms with Crippen molar-refractivity contribution >= 4 is 46.1 Å². The predicted octanol–water partition coefficient (Wildman–Crippen LogP) is 2.96. The van der Waals surface area contributed by atoms with Gasteiger partial charge in [-0.15, -0.1) is 0 Å². The molecule has 2 amide bonds. The Morgan fingerprint density at radius 3 is 2.80 bits per heavy atom. The fraction of sp³-hybridized carbons (Fsp3) is 0.273. The number of nitrogens with zero attached hydrogens (tertiary/aromatic N) is 1. The van der Waals surface area contributed by atoms with E-state index in [1.54, 1.807) is 18.2 Å². The molecule has 3 aliphatic rings. The van der Waals surface area contributed by atoms with E-state index in [0.29, 0.717) is 48.4 Å². The number of halogens is 1. The summed E-state index contributed by atoms with van der Waals surface area (Å²) in [4.78, 5) is 27.0. The van der Waals surface area contributed by atoms with Crippen LogP contribution in [0.5, 0.6) is 0 Å². The van der Waals surface area contributed by atoms with Crippen molar-refractivity contribution in [1.29, 1.82) is 0 Å². The molecule has 2 aromatic carbocycles. The molecule has 3 heterocycles. The summed E-state index contributed by atoms with van der Waals surface area (Å²) >= 11 is 6.13. The van der Waals surface area contributed by atoms with E-state index in [1.165, 1.54) is 0 Å². The first-order valence-corrected chi connectivity index (χ1v) is 10.2. The van der Waals surface area contributed by atoms with Crippen LogP contribution in [0.2, 0.25) is 5.02 Å². The lowest BCUT2D eigenvalue weighted by atomic mass is 10.00. The zero-order valence-electron chi connectivity index (χ0n) is 16.2. The molecule has 0 saturated carbocycles. The molecule has 154 valence electrons. The molecule has 3 aliphatic heterocycles. The molecule has 1 saturated heterocycles. The SMILES string of the molecule is O=C(CN1CCOCC1)Nc1ccc2c(c1)CO/C2=C1/C(=O)Nc2ccc(Cl)cc21. The molecule has 0 spiro atoms. The molecule has 2 N–H and O–H groups in total. The van der Waals surface area contributed by atoms with Crippen LogP contribution in [0.3, 0.4) is 0 Å². The molecule has 0 atom stereocenters. The van der Waals surface area contributed by atoms with E-state index in [4.69, 9.17) is 21.1 Å². The molecular weight excluding hydrogens is 406 g/mol. The molecule has 8 heteroatoms. The molecule has 0 unspecified atom stereocenters. The molecule has 0 bridgehead atoms. The van der Waals surface area contributed by atoms with Crippen molar-refractivity contribution in [2.75, 3.05) is 43.5 Å². The second-order valence-corrected chi connectivity index (χ2v) is 7.88. The number of rotatable bonds is 3. The Kier molecular flexibility index (Phi) is 4.94. The van der Waals surface area contributed by atoms with Crippen LogP contribution in [-0.2, 0) is 25.7 Å². The van der Waals surface area contributed by atoms with Crippen molar-refractivity contribution in [1.82, 2.24) is 4.90 Å². The molecule has 30 heavy (non-hydrogen) atoms. The number of nitrogens with one attached hydrogen (secondary N) is 2. The van der Waals surface area contributed by atoms with Gasteiger partial charge in [0, 0.05) is 46.2 Å². The quantitative estimate of drug-likeness (QED) is 0.739. The van der Waals surface area contributed by atoms with Gasteiger partial charge >= 0.3 is 0 Å². The topological polar surface area (TPSA) is 79.9 Å². The lowest BCUT2D eigenvalue weighted by Gasteiger charge is -2.25. The van der Waals surface area contributed by atoms with Crippen LogP contribution >= 0.6 is 11.6 Å². The fourth-order valence-electron chi connectivity index (χ4n) is 3.97. The molecule has 5 rings (SSSR count). The number of carbonyl (C=O) groups excluding carboxylic acids is 2. The Morgan fingerprint density at radius 1 is 1.13 bits per heavy atom. The predicted molar refractivity (Wildman–Crippen MR) is 114 cm³/mol. The van der Waals surface area contributed by atoms with Crippen LogP contribution in [0.25, 0.3) is 11.3 Å². The van der Waals surface area contributed by atoms with Gasteiger partial charge in [0.05, 0.1) is 25.3 Å². The number of hydrogen-bond donors (Lipinski definition) is 2. The first-order chi connectivity index (χ1) is 14.6. The number of benzene rings is 2. The minimum absolute atomic E-state index is 0.0620. The van der Waals surface area contributed by atoms with Crippen molar-refractivity contribution < 1.29 is 19.1 Å². The van der Waals surface area contributed by atoms with Gasteiger partial charge in [-0.2, -0.15) is 0 Å². The van der Waals surface area contributed by atoms with Crippen molar-refractivity contribution in [2.24, 2.45) is 0 Å². The van der Waals surface area contributed by atoms with Gasteiger partial charge in [-0.3, -0.25) is 14.5 Å². The maximum absolute atomic E-state index is 12.6. The second kappa shape index (κ2) is 7.75. The van der Waals surface area contributed by atoms with Gasteiger partial charge in [0.1, 0.15) is 12.4 Å². The van der Waals surface area contributed by atoms with E-state index >= 15 is 0 Å². The number of carbonyl (C=O) groups is 2. The van der Waals surface area contributed by atoms with Crippen LogP contribution < -0.4 is 10.6 Å². The largest absolute Gasteiger partial charge is 0.487 e. The number of fused-ring (bicyclic) bond motifs is 2. The first kappa shape index (κ1) is 19.1. The van der Waals surface area contributed by atoms with Crippen LogP contribution in [0.1, 0.15) is 16.7 Å². The molecule has 0 radical (unpaired) electrons. The van der Waals surface area contributed by atoms with Gasteiger partial charge in [-0.1, -0.05) is 11.6 Å². The summed E-state index contributed by atoms with van der Waals surface area (Å²) < 4.78 is 11.2. The Bertz CT molecular complexity index is 1080. The van der Waals surface area contributed by atoms with Crippen molar-refractivity contribution in [3.05, 3.63) is 58.1 Å². The van der Waals surface area contributed by atoms with Gasteiger partial charge in [-0.25, -0.2) is 0 Å². The third-order valence-electron chi connectivity index (χ3n) is 5.43. The molecular formula is C22H20ClN3O4. The number of ether oxygens (including phenoxy) is 2. The van der Waals surface area contributed by atoms with Gasteiger partial charge in [0.15, 0.2) is 0 Å². The number of amides is 2. The minimum atomic E-state index is -0.210. The third kappa shape index (κ3) is 3.56. The van der Waals surface area contributed by atoms with Gasteiger partial charge < -0.3 is 20.1 Å². The fourth-order valence-corrected chi connectivity index (χ4v) is 4.15. The second-order valence-electron chi connectivity index (χ2n) is 7.45. The van der Waals surface area contributed by atoms with Crippen LogP contribution in [-0.4, -0.2) is 49.6 Å². The average Bonchev–Trinajstić information content (AvgIpc) is 3.27. The van der Waals surface area contributed by atoms with Crippen LogP contribution in [0, 0.1) is 0 Å². The van der Waals surface area contributed by atoms with Crippen LogP contribution in [0.15, 0.2) is 36.4 Å². The Morgan fingerprint density at radius 2 is 1.97 bits per heavy atom. The zero-order chi connectivity index (χ0) is 20.7. The third-order valence-corrected chi connectivity index (χ3v) is 5.66. The minimum Gasteiger partial charge on any atom is -0.487 e. The summed E-state index contributed by atoms with van der Waals surface area (Å²) in [6.07, 6.45) is 0. The number of morpholine rings is 1. The monoisotopic (exact) mass is 425 g/mol. The van der Waals surface area contributed by atoms with Crippen LogP contribution in [0.4, 0.5) is 11.4 Å². The summed E-state index contributed by atoms with van der Waals surface area (Å²) in [6, 6.07) is 10.9. The zero-order valence-corrected chi connectivity index (χ0v) is 16.9. The van der Waals surface area contributed by atoms with Crippen molar-refractivity contribution in [3.63, 3.8) is 0 Å².